The summed E-state index contributed by atoms with van der Waals surface area (Å²) < 4.78 is 0. The average molecular weight is 237 g/mol. The van der Waals surface area contributed by atoms with Gasteiger partial charge in [0.2, 0.25) is 0 Å². The summed E-state index contributed by atoms with van der Waals surface area (Å²) in [6.45, 7) is 5.87. The van der Waals surface area contributed by atoms with E-state index in [1.165, 1.54) is 0 Å². The van der Waals surface area contributed by atoms with Crippen LogP contribution in [0, 0.1) is 0 Å². The maximum Gasteiger partial charge on any atom is 0.0673 e. The number of hydrogen-bond acceptors (Lipinski definition) is 0. The number of fused-ring (bicyclic) bond motifs is 1. The first-order valence-electron chi connectivity index (χ1n) is 4.64. The SMILES string of the molecule is C=C(C)c1c(Cl)c(Cl)cc2ccccc12. The van der Waals surface area contributed by atoms with Gasteiger partial charge in [0, 0.05) is 5.56 Å². The molecule has 2 rings (SSSR count). The zero-order valence-corrected chi connectivity index (χ0v) is 9.86. The Bertz CT molecular complexity index is 541. The Labute approximate surface area is 99.1 Å². The summed E-state index contributed by atoms with van der Waals surface area (Å²) in [4.78, 5) is 0. The Morgan fingerprint density at radius 3 is 2.53 bits per heavy atom. The van der Waals surface area contributed by atoms with Crippen molar-refractivity contribution < 1.29 is 0 Å². The predicted molar refractivity (Wildman–Crippen MR) is 68.7 cm³/mol. The van der Waals surface area contributed by atoms with Crippen LogP contribution in [0.4, 0.5) is 0 Å². The van der Waals surface area contributed by atoms with Crippen molar-refractivity contribution in [2.45, 2.75) is 6.92 Å². The van der Waals surface area contributed by atoms with E-state index in [-0.39, 0.29) is 0 Å². The van der Waals surface area contributed by atoms with Crippen LogP contribution in [0.3, 0.4) is 0 Å². The molecule has 0 aromatic heterocycles. The van der Waals surface area contributed by atoms with E-state index in [1.54, 1.807) is 0 Å². The van der Waals surface area contributed by atoms with Gasteiger partial charge in [-0.1, -0.05) is 54.0 Å². The van der Waals surface area contributed by atoms with Crippen molar-refractivity contribution in [3.05, 3.63) is 52.5 Å². The zero-order valence-electron chi connectivity index (χ0n) is 8.35. The summed E-state index contributed by atoms with van der Waals surface area (Å²) >= 11 is 12.2. The second-order valence-corrected chi connectivity index (χ2v) is 4.33. The summed E-state index contributed by atoms with van der Waals surface area (Å²) in [5, 5.41) is 3.35. The quantitative estimate of drug-likeness (QED) is 0.641. The van der Waals surface area contributed by atoms with Gasteiger partial charge in [0.15, 0.2) is 0 Å². The Balaban J connectivity index is 2.95. The van der Waals surface area contributed by atoms with Crippen LogP contribution in [-0.4, -0.2) is 0 Å². The second-order valence-electron chi connectivity index (χ2n) is 3.55. The van der Waals surface area contributed by atoms with Crippen LogP contribution in [0.25, 0.3) is 16.3 Å². The van der Waals surface area contributed by atoms with Gasteiger partial charge in [-0.2, -0.15) is 0 Å². The molecule has 0 aliphatic rings. The smallest absolute Gasteiger partial charge is 0.0673 e. The standard InChI is InChI=1S/C13H10Cl2/c1-8(2)12-10-6-4-3-5-9(10)7-11(14)13(12)15/h3-7H,1H2,2H3. The minimum absolute atomic E-state index is 0.577. The molecule has 0 heterocycles. The largest absolute Gasteiger partial charge is 0.0954 e. The third-order valence-electron chi connectivity index (χ3n) is 2.37. The van der Waals surface area contributed by atoms with Gasteiger partial charge >= 0.3 is 0 Å². The molecule has 15 heavy (non-hydrogen) atoms. The molecular weight excluding hydrogens is 227 g/mol. The number of allylic oxidation sites excluding steroid dienone is 1. The summed E-state index contributed by atoms with van der Waals surface area (Å²) in [6.07, 6.45) is 0. The predicted octanol–water partition coefficient (Wildman–Crippen LogP) is 5.18. The number of rotatable bonds is 1. The van der Waals surface area contributed by atoms with Crippen LogP contribution in [0.2, 0.25) is 10.0 Å². The summed E-state index contributed by atoms with van der Waals surface area (Å²) in [5.74, 6) is 0. The average Bonchev–Trinajstić information content (AvgIpc) is 2.19. The highest BCUT2D eigenvalue weighted by Crippen LogP contribution is 2.36. The minimum Gasteiger partial charge on any atom is -0.0954 e. The molecule has 2 heteroatoms. The van der Waals surface area contributed by atoms with Crippen LogP contribution in [0.15, 0.2) is 36.9 Å². The molecular formula is C13H10Cl2. The first-order valence-corrected chi connectivity index (χ1v) is 5.39. The highest BCUT2D eigenvalue weighted by molar-refractivity contribution is 6.44. The molecule has 0 amide bonds. The van der Waals surface area contributed by atoms with E-state index in [0.717, 1.165) is 21.9 Å². The molecule has 0 radical (unpaired) electrons. The molecule has 0 saturated carbocycles. The Morgan fingerprint density at radius 2 is 1.87 bits per heavy atom. The molecule has 0 saturated heterocycles. The van der Waals surface area contributed by atoms with E-state index in [4.69, 9.17) is 23.2 Å². The lowest BCUT2D eigenvalue weighted by Gasteiger charge is -2.10. The van der Waals surface area contributed by atoms with Gasteiger partial charge in [0.25, 0.3) is 0 Å². The fraction of sp³-hybridized carbons (Fsp3) is 0.0769. The van der Waals surface area contributed by atoms with Crippen molar-refractivity contribution in [3.63, 3.8) is 0 Å². The molecule has 0 atom stereocenters. The van der Waals surface area contributed by atoms with Crippen LogP contribution in [0.5, 0.6) is 0 Å². The normalized spacial score (nSPS) is 10.6. The number of hydrogen-bond donors (Lipinski definition) is 0. The van der Waals surface area contributed by atoms with Crippen molar-refractivity contribution in [1.29, 1.82) is 0 Å². The Morgan fingerprint density at radius 1 is 1.20 bits per heavy atom. The van der Waals surface area contributed by atoms with Crippen LogP contribution < -0.4 is 0 Å². The van der Waals surface area contributed by atoms with E-state index in [2.05, 4.69) is 6.58 Å². The Hall–Kier alpha value is -0.980. The highest BCUT2D eigenvalue weighted by Gasteiger charge is 2.10. The van der Waals surface area contributed by atoms with Crippen molar-refractivity contribution in [1.82, 2.24) is 0 Å². The molecule has 0 unspecified atom stereocenters. The maximum atomic E-state index is 6.17. The minimum atomic E-state index is 0.577. The molecule has 0 spiro atoms. The molecule has 0 aliphatic carbocycles. The lowest BCUT2D eigenvalue weighted by molar-refractivity contribution is 1.63. The summed E-state index contributed by atoms with van der Waals surface area (Å²) in [7, 11) is 0. The van der Waals surface area contributed by atoms with Gasteiger partial charge in [-0.15, -0.1) is 0 Å². The third kappa shape index (κ3) is 1.75. The molecule has 2 aromatic carbocycles. The molecule has 0 aliphatic heterocycles. The monoisotopic (exact) mass is 236 g/mol. The lowest BCUT2D eigenvalue weighted by Crippen LogP contribution is -1.85. The fourth-order valence-electron chi connectivity index (χ4n) is 1.71. The molecule has 0 bridgehead atoms. The maximum absolute atomic E-state index is 6.17. The van der Waals surface area contributed by atoms with Gasteiger partial charge in [-0.05, 0) is 29.3 Å². The van der Waals surface area contributed by atoms with Gasteiger partial charge in [0.05, 0.1) is 10.0 Å². The molecule has 0 N–H and O–H groups in total. The second kappa shape index (κ2) is 3.88. The van der Waals surface area contributed by atoms with Crippen molar-refractivity contribution in [2.24, 2.45) is 0 Å². The Kier molecular flexibility index (Phi) is 2.72. The van der Waals surface area contributed by atoms with E-state index >= 15 is 0 Å². The van der Waals surface area contributed by atoms with Crippen LogP contribution in [0.1, 0.15) is 12.5 Å². The van der Waals surface area contributed by atoms with Gasteiger partial charge in [-0.25, -0.2) is 0 Å². The molecule has 0 nitrogen and oxygen atoms in total. The molecule has 0 fully saturated rings. The highest BCUT2D eigenvalue weighted by atomic mass is 35.5. The zero-order chi connectivity index (χ0) is 11.0. The lowest BCUT2D eigenvalue weighted by atomic mass is 10.00. The first kappa shape index (κ1) is 10.5. The molecule has 76 valence electrons. The van der Waals surface area contributed by atoms with E-state index in [0.29, 0.717) is 10.0 Å². The summed E-state index contributed by atoms with van der Waals surface area (Å²) in [6, 6.07) is 9.89. The fourth-order valence-corrected chi connectivity index (χ4v) is 2.24. The van der Waals surface area contributed by atoms with Crippen LogP contribution >= 0.6 is 23.2 Å². The summed E-state index contributed by atoms with van der Waals surface area (Å²) in [5.41, 5.74) is 1.87. The molecule has 2 aromatic rings. The number of halogens is 2. The van der Waals surface area contributed by atoms with E-state index in [1.807, 2.05) is 37.3 Å². The number of benzene rings is 2. The van der Waals surface area contributed by atoms with Crippen molar-refractivity contribution in [3.8, 4) is 0 Å². The van der Waals surface area contributed by atoms with Gasteiger partial charge in [0.1, 0.15) is 0 Å². The van der Waals surface area contributed by atoms with Gasteiger partial charge in [-0.3, -0.25) is 0 Å². The van der Waals surface area contributed by atoms with Crippen LogP contribution in [-0.2, 0) is 0 Å². The topological polar surface area (TPSA) is 0 Å². The third-order valence-corrected chi connectivity index (χ3v) is 3.16. The van der Waals surface area contributed by atoms with Gasteiger partial charge < -0.3 is 0 Å². The van der Waals surface area contributed by atoms with Crippen molar-refractivity contribution >= 4 is 39.5 Å². The van der Waals surface area contributed by atoms with E-state index < -0.39 is 0 Å². The van der Waals surface area contributed by atoms with Crippen molar-refractivity contribution in [2.75, 3.05) is 0 Å². The first-order chi connectivity index (χ1) is 7.11. The van der Waals surface area contributed by atoms with E-state index in [9.17, 15) is 0 Å².